The van der Waals surface area contributed by atoms with E-state index in [0.29, 0.717) is 11.1 Å². The first-order chi connectivity index (χ1) is 7.06. The summed E-state index contributed by atoms with van der Waals surface area (Å²) in [7, 11) is 0. The van der Waals surface area contributed by atoms with Crippen LogP contribution in [0.3, 0.4) is 0 Å². The molecular formula is C11H10O4. The molecule has 0 spiro atoms. The topological polar surface area (TPSA) is 74.6 Å². The van der Waals surface area contributed by atoms with Crippen LogP contribution in [0.1, 0.15) is 17.0 Å². The van der Waals surface area contributed by atoms with Gasteiger partial charge in [-0.25, -0.2) is 0 Å². The van der Waals surface area contributed by atoms with Crippen LogP contribution >= 0.6 is 0 Å². The average molecular weight is 206 g/mol. The minimum absolute atomic E-state index is 0.0204. The molecule has 2 N–H and O–H groups in total. The van der Waals surface area contributed by atoms with Crippen LogP contribution in [-0.4, -0.2) is 28.1 Å². The average Bonchev–Trinajstić information content (AvgIpc) is 2.46. The molecule has 15 heavy (non-hydrogen) atoms. The normalized spacial score (nSPS) is 22.1. The fourth-order valence-corrected chi connectivity index (χ4v) is 2.06. The van der Waals surface area contributed by atoms with Crippen LogP contribution in [0.5, 0.6) is 0 Å². The number of Topliss-reactive ketones (excluding diaryl/α,β-unsaturated/α-hetero) is 1. The summed E-state index contributed by atoms with van der Waals surface area (Å²) in [6, 6.07) is 6.80. The minimum atomic E-state index is -2.14. The van der Waals surface area contributed by atoms with Gasteiger partial charge in [-0.3, -0.25) is 9.59 Å². The molecule has 0 heterocycles. The van der Waals surface area contributed by atoms with E-state index >= 15 is 0 Å². The fourth-order valence-electron chi connectivity index (χ4n) is 2.06. The Morgan fingerprint density at radius 3 is 2.73 bits per heavy atom. The first-order valence-electron chi connectivity index (χ1n) is 4.58. The smallest absolute Gasteiger partial charge is 0.208 e. The molecule has 4 heteroatoms. The zero-order chi connectivity index (χ0) is 11.1. The van der Waals surface area contributed by atoms with Gasteiger partial charge in [0.2, 0.25) is 5.78 Å². The van der Waals surface area contributed by atoms with E-state index in [9.17, 15) is 19.8 Å². The molecule has 0 radical (unpaired) electrons. The van der Waals surface area contributed by atoms with Gasteiger partial charge in [0, 0.05) is 6.42 Å². The molecule has 0 bridgehead atoms. The number of carbonyl (C=O) groups excluding carboxylic acids is 2. The van der Waals surface area contributed by atoms with E-state index < -0.39 is 17.5 Å². The second-order valence-corrected chi connectivity index (χ2v) is 3.71. The summed E-state index contributed by atoms with van der Waals surface area (Å²) in [5.74, 6) is -4.09. The van der Waals surface area contributed by atoms with Crippen LogP contribution in [0.25, 0.3) is 0 Å². The van der Waals surface area contributed by atoms with Crippen LogP contribution in [0.4, 0.5) is 0 Å². The third-order valence-electron chi connectivity index (χ3n) is 2.68. The van der Waals surface area contributed by atoms with Crippen molar-refractivity contribution in [2.45, 2.75) is 18.1 Å². The Hall–Kier alpha value is -1.52. The van der Waals surface area contributed by atoms with Gasteiger partial charge in [0.05, 0.1) is 0 Å². The van der Waals surface area contributed by atoms with Crippen molar-refractivity contribution < 1.29 is 19.8 Å². The van der Waals surface area contributed by atoms with Gasteiger partial charge in [-0.1, -0.05) is 24.3 Å². The molecule has 4 nitrogen and oxygen atoms in total. The van der Waals surface area contributed by atoms with Gasteiger partial charge in [0.15, 0.2) is 12.1 Å². The lowest BCUT2D eigenvalue weighted by atomic mass is 9.93. The molecule has 0 saturated carbocycles. The molecule has 0 aromatic heterocycles. The summed E-state index contributed by atoms with van der Waals surface area (Å²) in [5, 5.41) is 19.3. The first-order valence-corrected chi connectivity index (χ1v) is 4.58. The Labute approximate surface area is 86.2 Å². The van der Waals surface area contributed by atoms with E-state index in [4.69, 9.17) is 0 Å². The lowest BCUT2D eigenvalue weighted by molar-refractivity contribution is -0.175. The molecule has 1 aromatic carbocycles. The molecule has 1 aliphatic carbocycles. The largest absolute Gasteiger partial charge is 0.364 e. The summed E-state index contributed by atoms with van der Waals surface area (Å²) in [5.41, 5.74) is 1.22. The van der Waals surface area contributed by atoms with Crippen molar-refractivity contribution in [1.82, 2.24) is 0 Å². The van der Waals surface area contributed by atoms with Crippen LogP contribution in [0, 0.1) is 0 Å². The summed E-state index contributed by atoms with van der Waals surface area (Å²) in [6.45, 7) is 0. The number of fused-ring (bicyclic) bond motifs is 1. The van der Waals surface area contributed by atoms with E-state index in [1.165, 1.54) is 0 Å². The van der Waals surface area contributed by atoms with Crippen LogP contribution < -0.4 is 0 Å². The zero-order valence-corrected chi connectivity index (χ0v) is 7.88. The Bertz CT molecular complexity index is 422. The molecule has 0 fully saturated rings. The number of rotatable bonds is 2. The van der Waals surface area contributed by atoms with E-state index in [-0.39, 0.29) is 12.7 Å². The number of carbonyl (C=O) groups is 2. The minimum Gasteiger partial charge on any atom is -0.364 e. The number of hydrogen-bond donors (Lipinski definition) is 2. The van der Waals surface area contributed by atoms with Gasteiger partial charge in [0.1, 0.15) is 5.92 Å². The SMILES string of the molecule is O=CC(=O)C1c2ccccc2CC1(O)O. The van der Waals surface area contributed by atoms with Crippen molar-refractivity contribution in [3.8, 4) is 0 Å². The van der Waals surface area contributed by atoms with Crippen molar-refractivity contribution in [3.63, 3.8) is 0 Å². The molecule has 1 aliphatic rings. The van der Waals surface area contributed by atoms with Crippen LogP contribution in [0.15, 0.2) is 24.3 Å². The summed E-state index contributed by atoms with van der Waals surface area (Å²) < 4.78 is 0. The van der Waals surface area contributed by atoms with E-state index in [2.05, 4.69) is 0 Å². The second-order valence-electron chi connectivity index (χ2n) is 3.71. The lowest BCUT2D eigenvalue weighted by Gasteiger charge is -2.21. The van der Waals surface area contributed by atoms with Gasteiger partial charge in [-0.05, 0) is 11.1 Å². The predicted octanol–water partition coefficient (Wildman–Crippen LogP) is -0.225. The van der Waals surface area contributed by atoms with Gasteiger partial charge < -0.3 is 10.2 Å². The summed E-state index contributed by atoms with van der Waals surface area (Å²) in [4.78, 5) is 21.7. The van der Waals surface area contributed by atoms with Crippen molar-refractivity contribution in [2.24, 2.45) is 0 Å². The number of hydrogen-bond acceptors (Lipinski definition) is 4. The van der Waals surface area contributed by atoms with Crippen molar-refractivity contribution in [3.05, 3.63) is 35.4 Å². The number of aldehydes is 1. The molecule has 0 amide bonds. The van der Waals surface area contributed by atoms with Crippen molar-refractivity contribution >= 4 is 12.1 Å². The first kappa shape index (κ1) is 10.0. The Balaban J connectivity index is 2.52. The van der Waals surface area contributed by atoms with Gasteiger partial charge in [0.25, 0.3) is 0 Å². The lowest BCUT2D eigenvalue weighted by Crippen LogP contribution is -2.38. The third kappa shape index (κ3) is 1.48. The van der Waals surface area contributed by atoms with Gasteiger partial charge >= 0.3 is 0 Å². The summed E-state index contributed by atoms with van der Waals surface area (Å²) >= 11 is 0. The monoisotopic (exact) mass is 206 g/mol. The van der Waals surface area contributed by atoms with E-state index in [1.807, 2.05) is 0 Å². The highest BCUT2D eigenvalue weighted by molar-refractivity contribution is 6.28. The molecule has 0 saturated heterocycles. The quantitative estimate of drug-likeness (QED) is 0.398. The van der Waals surface area contributed by atoms with Crippen LogP contribution in [-0.2, 0) is 16.0 Å². The number of benzene rings is 1. The van der Waals surface area contributed by atoms with Crippen molar-refractivity contribution in [2.75, 3.05) is 0 Å². The standard InChI is InChI=1S/C11H10O4/c12-6-9(13)10-8-4-2-1-3-7(8)5-11(10,14)15/h1-4,6,10,14-15H,5H2. The van der Waals surface area contributed by atoms with Gasteiger partial charge in [-0.2, -0.15) is 0 Å². The van der Waals surface area contributed by atoms with Crippen LogP contribution in [0.2, 0.25) is 0 Å². The number of aliphatic hydroxyl groups is 2. The van der Waals surface area contributed by atoms with E-state index in [1.54, 1.807) is 24.3 Å². The maximum absolute atomic E-state index is 11.3. The Kier molecular flexibility index (Phi) is 2.17. The molecule has 0 aliphatic heterocycles. The fraction of sp³-hybridized carbons (Fsp3) is 0.273. The zero-order valence-electron chi connectivity index (χ0n) is 7.88. The molecule has 2 rings (SSSR count). The molecule has 78 valence electrons. The van der Waals surface area contributed by atoms with Crippen molar-refractivity contribution in [1.29, 1.82) is 0 Å². The number of ketones is 1. The molecular weight excluding hydrogens is 196 g/mol. The van der Waals surface area contributed by atoms with Gasteiger partial charge in [-0.15, -0.1) is 0 Å². The van der Waals surface area contributed by atoms with E-state index in [0.717, 1.165) is 0 Å². The highest BCUT2D eigenvalue weighted by Crippen LogP contribution is 2.39. The highest BCUT2D eigenvalue weighted by atomic mass is 16.5. The maximum Gasteiger partial charge on any atom is 0.208 e. The summed E-state index contributed by atoms with van der Waals surface area (Å²) in [6.07, 6.45) is 0.112. The molecule has 1 aromatic rings. The Morgan fingerprint density at radius 2 is 2.07 bits per heavy atom. The maximum atomic E-state index is 11.3. The highest BCUT2D eigenvalue weighted by Gasteiger charge is 2.47. The molecule has 1 atom stereocenters. The second kappa shape index (κ2) is 3.25. The predicted molar refractivity (Wildman–Crippen MR) is 51.1 cm³/mol. The Morgan fingerprint density at radius 1 is 1.40 bits per heavy atom. The third-order valence-corrected chi connectivity index (χ3v) is 2.68. The molecule has 1 unspecified atom stereocenters.